The summed E-state index contributed by atoms with van der Waals surface area (Å²) in [5.74, 6) is 0. The summed E-state index contributed by atoms with van der Waals surface area (Å²) in [4.78, 5) is 0. The highest BCUT2D eigenvalue weighted by Crippen LogP contribution is 2.42. The second kappa shape index (κ2) is 6.61. The Kier molecular flexibility index (Phi) is 5.76. The largest absolute Gasteiger partial charge is 0.378 e. The molecule has 2 atom stereocenters. The lowest BCUT2D eigenvalue weighted by atomic mass is 9.64. The number of halogens is 2. The van der Waals surface area contributed by atoms with E-state index < -0.39 is 13.0 Å². The number of nitrogens with one attached hydrogen (secondary N) is 1. The van der Waals surface area contributed by atoms with Gasteiger partial charge in [-0.1, -0.05) is 13.8 Å². The van der Waals surface area contributed by atoms with E-state index in [0.717, 1.165) is 13.0 Å². The minimum atomic E-state index is -2.38. The molecule has 1 saturated carbocycles. The molecule has 0 aliphatic heterocycles. The fraction of sp³-hybridized carbons (Fsp3) is 1.00. The number of hydrogen-bond donors (Lipinski definition) is 1. The van der Waals surface area contributed by atoms with Gasteiger partial charge in [-0.3, -0.25) is 0 Å². The average molecular weight is 251 g/mol. The summed E-state index contributed by atoms with van der Waals surface area (Å²) < 4.78 is 34.0. The van der Waals surface area contributed by atoms with Crippen molar-refractivity contribution in [3.05, 3.63) is 0 Å². The van der Waals surface area contributed by atoms with Gasteiger partial charge in [0.2, 0.25) is 0 Å². The van der Waals surface area contributed by atoms with Gasteiger partial charge in [-0.05, 0) is 13.3 Å². The number of alkyl halides is 2. The van der Waals surface area contributed by atoms with Gasteiger partial charge < -0.3 is 14.8 Å². The topological polar surface area (TPSA) is 30.5 Å². The number of rotatable bonds is 8. The maximum atomic E-state index is 11.8. The van der Waals surface area contributed by atoms with E-state index in [-0.39, 0.29) is 5.41 Å². The SMILES string of the molecule is CCOC1CC(NCCOCC(F)F)C1(C)C. The van der Waals surface area contributed by atoms with Gasteiger partial charge in [-0.25, -0.2) is 8.78 Å². The molecule has 17 heavy (non-hydrogen) atoms. The molecule has 0 spiro atoms. The Morgan fingerprint density at radius 2 is 2.12 bits per heavy atom. The zero-order valence-electron chi connectivity index (χ0n) is 10.8. The van der Waals surface area contributed by atoms with Crippen LogP contribution >= 0.6 is 0 Å². The van der Waals surface area contributed by atoms with Crippen molar-refractivity contribution < 1.29 is 18.3 Å². The number of hydrogen-bond acceptors (Lipinski definition) is 3. The fourth-order valence-electron chi connectivity index (χ4n) is 2.19. The Morgan fingerprint density at radius 1 is 1.41 bits per heavy atom. The molecule has 0 aromatic rings. The lowest BCUT2D eigenvalue weighted by Crippen LogP contribution is -2.61. The molecule has 2 unspecified atom stereocenters. The first kappa shape index (κ1) is 14.8. The Labute approximate surface area is 102 Å². The summed E-state index contributed by atoms with van der Waals surface area (Å²) in [5, 5.41) is 3.32. The first-order valence-electron chi connectivity index (χ1n) is 6.19. The van der Waals surface area contributed by atoms with Crippen LogP contribution in [0.25, 0.3) is 0 Å². The van der Waals surface area contributed by atoms with Crippen molar-refractivity contribution in [3.8, 4) is 0 Å². The van der Waals surface area contributed by atoms with Gasteiger partial charge >= 0.3 is 0 Å². The van der Waals surface area contributed by atoms with Gasteiger partial charge in [-0.2, -0.15) is 0 Å². The normalized spacial score (nSPS) is 27.2. The van der Waals surface area contributed by atoms with Gasteiger partial charge in [0.05, 0.1) is 12.7 Å². The molecule has 1 N–H and O–H groups in total. The average Bonchev–Trinajstić information content (AvgIpc) is 2.25. The maximum Gasteiger partial charge on any atom is 0.261 e. The first-order chi connectivity index (χ1) is 7.98. The van der Waals surface area contributed by atoms with Crippen LogP contribution in [0.4, 0.5) is 8.78 Å². The minimum absolute atomic E-state index is 0.110. The van der Waals surface area contributed by atoms with Crippen molar-refractivity contribution in [2.45, 2.75) is 45.8 Å². The third kappa shape index (κ3) is 4.16. The molecule has 0 bridgehead atoms. The van der Waals surface area contributed by atoms with Crippen molar-refractivity contribution in [2.75, 3.05) is 26.4 Å². The molecule has 0 radical (unpaired) electrons. The van der Waals surface area contributed by atoms with Gasteiger partial charge in [0.1, 0.15) is 6.61 Å². The van der Waals surface area contributed by atoms with Crippen LogP contribution in [0.2, 0.25) is 0 Å². The second-order valence-electron chi connectivity index (χ2n) is 4.97. The molecule has 1 fully saturated rings. The summed E-state index contributed by atoms with van der Waals surface area (Å²) in [6.07, 6.45) is -1.10. The molecule has 5 heteroatoms. The maximum absolute atomic E-state index is 11.8. The van der Waals surface area contributed by atoms with Crippen LogP contribution in [-0.4, -0.2) is 44.9 Å². The highest BCUT2D eigenvalue weighted by molar-refractivity contribution is 5.02. The monoisotopic (exact) mass is 251 g/mol. The van der Waals surface area contributed by atoms with Crippen molar-refractivity contribution >= 4 is 0 Å². The summed E-state index contributed by atoms with van der Waals surface area (Å²) in [5.41, 5.74) is 0.110. The van der Waals surface area contributed by atoms with Crippen LogP contribution < -0.4 is 5.32 Å². The van der Waals surface area contributed by atoms with Crippen molar-refractivity contribution in [1.82, 2.24) is 5.32 Å². The molecular weight excluding hydrogens is 228 g/mol. The third-order valence-corrected chi connectivity index (χ3v) is 3.43. The highest BCUT2D eigenvalue weighted by atomic mass is 19.3. The van der Waals surface area contributed by atoms with Crippen molar-refractivity contribution in [2.24, 2.45) is 5.41 Å². The van der Waals surface area contributed by atoms with Crippen molar-refractivity contribution in [1.29, 1.82) is 0 Å². The van der Waals surface area contributed by atoms with E-state index in [4.69, 9.17) is 9.47 Å². The summed E-state index contributed by atoms with van der Waals surface area (Å²) in [7, 11) is 0. The Balaban J connectivity index is 2.09. The zero-order chi connectivity index (χ0) is 12.9. The first-order valence-corrected chi connectivity index (χ1v) is 6.19. The quantitative estimate of drug-likeness (QED) is 0.670. The molecule has 0 heterocycles. The number of ether oxygens (including phenoxy) is 2. The van der Waals surface area contributed by atoms with Gasteiger partial charge in [0.25, 0.3) is 6.43 Å². The van der Waals surface area contributed by atoms with E-state index >= 15 is 0 Å². The predicted octanol–water partition coefficient (Wildman–Crippen LogP) is 2.06. The van der Waals surface area contributed by atoms with Gasteiger partial charge in [0.15, 0.2) is 0 Å². The molecule has 0 aromatic carbocycles. The smallest absolute Gasteiger partial charge is 0.261 e. The Bertz CT molecular complexity index is 225. The lowest BCUT2D eigenvalue weighted by molar-refractivity contribution is -0.115. The highest BCUT2D eigenvalue weighted by Gasteiger charge is 2.48. The van der Waals surface area contributed by atoms with Crippen LogP contribution in [0, 0.1) is 5.41 Å². The lowest BCUT2D eigenvalue weighted by Gasteiger charge is -2.52. The standard InChI is InChI=1S/C12H23F2NO2/c1-4-17-10-7-9(12(10,2)3)15-5-6-16-8-11(13)14/h9-11,15H,4-8H2,1-3H3. The van der Waals surface area contributed by atoms with E-state index in [2.05, 4.69) is 19.2 Å². The van der Waals surface area contributed by atoms with E-state index in [0.29, 0.717) is 25.3 Å². The molecule has 0 amide bonds. The predicted molar refractivity (Wildman–Crippen MR) is 62.4 cm³/mol. The van der Waals surface area contributed by atoms with E-state index in [9.17, 15) is 8.78 Å². The molecule has 0 aromatic heterocycles. The Hall–Kier alpha value is -0.260. The molecule has 0 saturated heterocycles. The molecule has 1 aliphatic rings. The third-order valence-electron chi connectivity index (χ3n) is 3.43. The molecule has 1 aliphatic carbocycles. The van der Waals surface area contributed by atoms with Crippen LogP contribution in [0.3, 0.4) is 0 Å². The second-order valence-corrected chi connectivity index (χ2v) is 4.97. The molecule has 3 nitrogen and oxygen atoms in total. The van der Waals surface area contributed by atoms with Gasteiger partial charge in [-0.15, -0.1) is 0 Å². The van der Waals surface area contributed by atoms with Crippen LogP contribution in [0.1, 0.15) is 27.2 Å². The van der Waals surface area contributed by atoms with Gasteiger partial charge in [0, 0.05) is 24.6 Å². The van der Waals surface area contributed by atoms with E-state index in [1.807, 2.05) is 6.92 Å². The van der Waals surface area contributed by atoms with Crippen LogP contribution in [-0.2, 0) is 9.47 Å². The minimum Gasteiger partial charge on any atom is -0.378 e. The van der Waals surface area contributed by atoms with E-state index in [1.54, 1.807) is 0 Å². The summed E-state index contributed by atoms with van der Waals surface area (Å²) >= 11 is 0. The molecular formula is C12H23F2NO2. The van der Waals surface area contributed by atoms with Crippen molar-refractivity contribution in [3.63, 3.8) is 0 Å². The summed E-state index contributed by atoms with van der Waals surface area (Å²) in [6.45, 7) is 7.52. The molecule has 102 valence electrons. The zero-order valence-corrected chi connectivity index (χ0v) is 10.8. The van der Waals surface area contributed by atoms with E-state index in [1.165, 1.54) is 0 Å². The van der Waals surface area contributed by atoms with Crippen LogP contribution in [0.15, 0.2) is 0 Å². The van der Waals surface area contributed by atoms with Crippen LogP contribution in [0.5, 0.6) is 0 Å². The molecule has 1 rings (SSSR count). The summed E-state index contributed by atoms with van der Waals surface area (Å²) in [6, 6.07) is 0.384. The fourth-order valence-corrected chi connectivity index (χ4v) is 2.19. The Morgan fingerprint density at radius 3 is 2.65 bits per heavy atom.